The molecule has 0 radical (unpaired) electrons. The summed E-state index contributed by atoms with van der Waals surface area (Å²) in [7, 11) is 0. The molecule has 0 bridgehead atoms. The van der Waals surface area contributed by atoms with Crippen molar-refractivity contribution >= 4 is 11.0 Å². The molecule has 304 valence electrons. The quantitative estimate of drug-likeness (QED) is 0.168. The van der Waals surface area contributed by atoms with Crippen LogP contribution in [-0.4, -0.2) is 19.9 Å². The number of hydrogen-bond donors (Lipinski definition) is 0. The summed E-state index contributed by atoms with van der Waals surface area (Å²) in [5.74, 6) is 0. The molecule has 10 aromatic rings. The van der Waals surface area contributed by atoms with Crippen molar-refractivity contribution < 1.29 is 0 Å². The molecule has 64 heavy (non-hydrogen) atoms. The lowest BCUT2D eigenvalue weighted by atomic mass is 9.80. The maximum Gasteiger partial charge on any atom is 0.0973 e. The summed E-state index contributed by atoms with van der Waals surface area (Å²) in [5.41, 5.74) is 24.7. The molecule has 0 N–H and O–H groups in total. The predicted molar refractivity (Wildman–Crippen MR) is 263 cm³/mol. The van der Waals surface area contributed by atoms with Gasteiger partial charge >= 0.3 is 0 Å². The number of aromatic nitrogens is 4. The standard InChI is InChI=1S/C60H44N4/c1-59(2)51-15-7-5-13-45(51)47-27-25-41(31-53(47)59)49-33-55-56(34-50(49)42-26-28-48-46-14-6-8-16-52(46)60(3,4)54(48)32-42)64-58(40-23-19-38(20-24-40)44-12-10-30-62-36-44)57(63-55)39-21-17-37(18-22-39)43-11-9-29-61-35-43/h5-36H,1-4H3. The second-order valence-corrected chi connectivity index (χ2v) is 18.3. The average Bonchev–Trinajstić information content (AvgIpc) is 3.72. The first-order valence-electron chi connectivity index (χ1n) is 22.1. The Kier molecular flexibility index (Phi) is 8.51. The molecular weight excluding hydrogens is 777 g/mol. The van der Waals surface area contributed by atoms with Gasteiger partial charge in [-0.1, -0.05) is 161 Å². The number of hydrogen-bond acceptors (Lipinski definition) is 4. The van der Waals surface area contributed by atoms with Crippen LogP contribution in [0.3, 0.4) is 0 Å². The number of nitrogens with zero attached hydrogens (tertiary/aromatic N) is 4. The van der Waals surface area contributed by atoms with E-state index in [1.54, 1.807) is 12.4 Å². The van der Waals surface area contributed by atoms with Crippen LogP contribution < -0.4 is 0 Å². The van der Waals surface area contributed by atoms with Gasteiger partial charge in [0.2, 0.25) is 0 Å². The van der Waals surface area contributed by atoms with Crippen molar-refractivity contribution in [3.8, 4) is 89.3 Å². The first-order valence-corrected chi connectivity index (χ1v) is 22.1. The highest BCUT2D eigenvalue weighted by Gasteiger charge is 2.37. The van der Waals surface area contributed by atoms with Crippen LogP contribution in [0.2, 0.25) is 0 Å². The van der Waals surface area contributed by atoms with Gasteiger partial charge in [0.25, 0.3) is 0 Å². The van der Waals surface area contributed by atoms with Crippen LogP contribution >= 0.6 is 0 Å². The Hall–Kier alpha value is -7.82. The Morgan fingerprint density at radius 3 is 1.08 bits per heavy atom. The van der Waals surface area contributed by atoms with Crippen LogP contribution in [0.1, 0.15) is 49.9 Å². The monoisotopic (exact) mass is 820 g/mol. The summed E-state index contributed by atoms with van der Waals surface area (Å²) in [6.07, 6.45) is 7.42. The molecule has 2 aliphatic carbocycles. The van der Waals surface area contributed by atoms with E-state index in [-0.39, 0.29) is 10.8 Å². The minimum Gasteiger partial charge on any atom is -0.264 e. The Morgan fingerprint density at radius 2 is 0.672 bits per heavy atom. The highest BCUT2D eigenvalue weighted by molar-refractivity contribution is 5.98. The smallest absolute Gasteiger partial charge is 0.0973 e. The third-order valence-electron chi connectivity index (χ3n) is 13.9. The van der Waals surface area contributed by atoms with Gasteiger partial charge < -0.3 is 0 Å². The van der Waals surface area contributed by atoms with Gasteiger partial charge in [-0.25, -0.2) is 9.97 Å². The van der Waals surface area contributed by atoms with E-state index in [0.717, 1.165) is 66.9 Å². The third kappa shape index (κ3) is 5.97. The van der Waals surface area contributed by atoms with Crippen molar-refractivity contribution in [3.63, 3.8) is 0 Å². The zero-order valence-electron chi connectivity index (χ0n) is 36.3. The van der Waals surface area contributed by atoms with Gasteiger partial charge in [0.05, 0.1) is 22.4 Å². The highest BCUT2D eigenvalue weighted by atomic mass is 14.8. The van der Waals surface area contributed by atoms with Crippen molar-refractivity contribution in [1.82, 2.24) is 19.9 Å². The first-order chi connectivity index (χ1) is 31.2. The molecular formula is C60H44N4. The van der Waals surface area contributed by atoms with E-state index in [9.17, 15) is 0 Å². The molecule has 4 heteroatoms. The van der Waals surface area contributed by atoms with Crippen molar-refractivity contribution in [3.05, 3.63) is 217 Å². The lowest BCUT2D eigenvalue weighted by Crippen LogP contribution is -2.15. The van der Waals surface area contributed by atoms with Crippen molar-refractivity contribution in [2.45, 2.75) is 38.5 Å². The largest absolute Gasteiger partial charge is 0.264 e. The third-order valence-corrected chi connectivity index (χ3v) is 13.9. The summed E-state index contributed by atoms with van der Waals surface area (Å²) in [6, 6.07) is 61.8. The second kappa shape index (κ2) is 14.4. The topological polar surface area (TPSA) is 51.6 Å². The highest BCUT2D eigenvalue weighted by Crippen LogP contribution is 2.52. The molecule has 0 spiro atoms. The number of pyridine rings is 2. The van der Waals surface area contributed by atoms with E-state index < -0.39 is 0 Å². The zero-order chi connectivity index (χ0) is 43.2. The molecule has 3 heterocycles. The number of benzene rings is 7. The van der Waals surface area contributed by atoms with Gasteiger partial charge in [-0.15, -0.1) is 0 Å². The molecule has 12 rings (SSSR count). The fourth-order valence-corrected chi connectivity index (χ4v) is 10.4. The van der Waals surface area contributed by atoms with Crippen molar-refractivity contribution in [1.29, 1.82) is 0 Å². The van der Waals surface area contributed by atoms with Gasteiger partial charge in [0.1, 0.15) is 0 Å². The molecule has 3 aromatic heterocycles. The molecule has 2 aliphatic rings. The summed E-state index contributed by atoms with van der Waals surface area (Å²) >= 11 is 0. The van der Waals surface area contributed by atoms with Crippen LogP contribution in [0, 0.1) is 0 Å². The van der Waals surface area contributed by atoms with Gasteiger partial charge in [-0.2, -0.15) is 0 Å². The van der Waals surface area contributed by atoms with E-state index in [2.05, 4.69) is 195 Å². The molecule has 0 saturated carbocycles. The van der Waals surface area contributed by atoms with E-state index in [0.29, 0.717) is 0 Å². The maximum absolute atomic E-state index is 5.58. The summed E-state index contributed by atoms with van der Waals surface area (Å²) in [5, 5.41) is 0. The number of rotatable bonds is 6. The summed E-state index contributed by atoms with van der Waals surface area (Å²) in [6.45, 7) is 9.41. The van der Waals surface area contributed by atoms with Crippen molar-refractivity contribution in [2.75, 3.05) is 0 Å². The van der Waals surface area contributed by atoms with Gasteiger partial charge in [-0.05, 0) is 125 Å². The fourth-order valence-electron chi connectivity index (χ4n) is 10.4. The summed E-state index contributed by atoms with van der Waals surface area (Å²) in [4.78, 5) is 19.9. The van der Waals surface area contributed by atoms with E-state index in [1.807, 2.05) is 24.5 Å². The molecule has 0 atom stereocenters. The minimum atomic E-state index is -0.140. The molecule has 4 nitrogen and oxygen atoms in total. The molecule has 0 unspecified atom stereocenters. The number of fused-ring (bicyclic) bond motifs is 7. The molecule has 0 fully saturated rings. The predicted octanol–water partition coefficient (Wildman–Crippen LogP) is 15.0. The lowest BCUT2D eigenvalue weighted by Gasteiger charge is -2.23. The van der Waals surface area contributed by atoms with E-state index in [4.69, 9.17) is 9.97 Å². The Morgan fingerprint density at radius 1 is 0.297 bits per heavy atom. The van der Waals surface area contributed by atoms with E-state index >= 15 is 0 Å². The zero-order valence-corrected chi connectivity index (χ0v) is 36.3. The summed E-state index contributed by atoms with van der Waals surface area (Å²) < 4.78 is 0. The maximum atomic E-state index is 5.58. The van der Waals surface area contributed by atoms with Crippen LogP contribution in [0.4, 0.5) is 0 Å². The van der Waals surface area contributed by atoms with Crippen molar-refractivity contribution in [2.24, 2.45) is 0 Å². The second-order valence-electron chi connectivity index (χ2n) is 18.3. The SMILES string of the molecule is CC1(C)c2ccccc2-c2ccc(-c3cc4nc(-c5ccc(-c6cccnc6)cc5)c(-c5ccc(-c6cccnc6)cc5)nc4cc3-c3ccc4c(c3)C(C)(C)c3ccccc3-4)cc21. The lowest BCUT2D eigenvalue weighted by molar-refractivity contribution is 0.660. The van der Waals surface area contributed by atoms with Gasteiger partial charge in [0.15, 0.2) is 0 Å². The van der Waals surface area contributed by atoms with Crippen LogP contribution in [-0.2, 0) is 10.8 Å². The van der Waals surface area contributed by atoms with Crippen LogP contribution in [0.25, 0.3) is 100 Å². The Bertz CT molecular complexity index is 3230. The fraction of sp³-hybridized carbons (Fsp3) is 0.100. The normalized spacial score (nSPS) is 13.9. The van der Waals surface area contributed by atoms with Crippen LogP contribution in [0.5, 0.6) is 0 Å². The van der Waals surface area contributed by atoms with Crippen LogP contribution in [0.15, 0.2) is 195 Å². The van der Waals surface area contributed by atoms with E-state index in [1.165, 1.54) is 55.6 Å². The van der Waals surface area contributed by atoms with Gasteiger partial charge in [-0.3, -0.25) is 9.97 Å². The Labute approximate surface area is 374 Å². The molecule has 7 aromatic carbocycles. The Balaban J connectivity index is 1.08. The molecule has 0 saturated heterocycles. The average molecular weight is 821 g/mol. The minimum absolute atomic E-state index is 0.140. The van der Waals surface area contributed by atoms with Gasteiger partial charge in [0, 0.05) is 46.7 Å². The molecule has 0 aliphatic heterocycles. The first kappa shape index (κ1) is 37.9. The molecule has 0 amide bonds.